The van der Waals surface area contributed by atoms with Crippen molar-refractivity contribution < 1.29 is 14.5 Å². The van der Waals surface area contributed by atoms with E-state index in [0.29, 0.717) is 0 Å². The standard InChI is InChI=1S/C11H9N3O5/c1-2-19-11(16)13-6-12-9-5-7(14(17)18)3-4-8(9)10(13)15/h3-6H,2H2,1H3. The van der Waals surface area contributed by atoms with Crippen LogP contribution < -0.4 is 5.56 Å². The molecule has 19 heavy (non-hydrogen) atoms. The van der Waals surface area contributed by atoms with E-state index in [1.807, 2.05) is 0 Å². The summed E-state index contributed by atoms with van der Waals surface area (Å²) in [7, 11) is 0. The van der Waals surface area contributed by atoms with E-state index >= 15 is 0 Å². The number of nitro groups is 1. The first kappa shape index (κ1) is 12.7. The normalized spacial score (nSPS) is 10.4. The van der Waals surface area contributed by atoms with E-state index in [1.165, 1.54) is 18.2 Å². The van der Waals surface area contributed by atoms with Crippen LogP contribution in [0.15, 0.2) is 29.3 Å². The summed E-state index contributed by atoms with van der Waals surface area (Å²) in [5, 5.41) is 10.7. The zero-order chi connectivity index (χ0) is 14.0. The topological polar surface area (TPSA) is 104 Å². The fourth-order valence-corrected chi connectivity index (χ4v) is 1.55. The van der Waals surface area contributed by atoms with Crippen LogP contribution in [0.2, 0.25) is 0 Å². The lowest BCUT2D eigenvalue weighted by Crippen LogP contribution is -2.28. The van der Waals surface area contributed by atoms with Gasteiger partial charge in [0.1, 0.15) is 6.33 Å². The van der Waals surface area contributed by atoms with Gasteiger partial charge in [-0.15, -0.1) is 0 Å². The third kappa shape index (κ3) is 2.28. The fourth-order valence-electron chi connectivity index (χ4n) is 1.55. The van der Waals surface area contributed by atoms with Crippen LogP contribution >= 0.6 is 0 Å². The Kier molecular flexibility index (Phi) is 3.23. The Balaban J connectivity index is 2.60. The molecule has 98 valence electrons. The number of fused-ring (bicyclic) bond motifs is 1. The molecule has 0 amide bonds. The van der Waals surface area contributed by atoms with Gasteiger partial charge in [-0.1, -0.05) is 0 Å². The number of hydrogen-bond acceptors (Lipinski definition) is 6. The molecule has 2 rings (SSSR count). The molecule has 0 spiro atoms. The quantitative estimate of drug-likeness (QED) is 0.597. The number of rotatable bonds is 2. The highest BCUT2D eigenvalue weighted by molar-refractivity contribution is 5.82. The monoisotopic (exact) mass is 263 g/mol. The first-order chi connectivity index (χ1) is 9.04. The van der Waals surface area contributed by atoms with Gasteiger partial charge in [0.05, 0.1) is 22.4 Å². The minimum atomic E-state index is -0.833. The lowest BCUT2D eigenvalue weighted by atomic mass is 10.2. The summed E-state index contributed by atoms with van der Waals surface area (Å²) in [6, 6.07) is 3.62. The summed E-state index contributed by atoms with van der Waals surface area (Å²) < 4.78 is 5.42. The van der Waals surface area contributed by atoms with E-state index in [2.05, 4.69) is 4.98 Å². The second kappa shape index (κ2) is 4.84. The minimum absolute atomic E-state index is 0.112. The van der Waals surface area contributed by atoms with Gasteiger partial charge in [-0.25, -0.2) is 14.3 Å². The number of ether oxygens (including phenoxy) is 1. The van der Waals surface area contributed by atoms with E-state index in [1.54, 1.807) is 6.92 Å². The first-order valence-corrected chi connectivity index (χ1v) is 5.37. The molecule has 0 bridgehead atoms. The summed E-state index contributed by atoms with van der Waals surface area (Å²) in [6.07, 6.45) is 0.159. The van der Waals surface area contributed by atoms with Crippen LogP contribution in [0.3, 0.4) is 0 Å². The van der Waals surface area contributed by atoms with Crippen LogP contribution in [0.4, 0.5) is 10.5 Å². The highest BCUT2D eigenvalue weighted by Crippen LogP contribution is 2.16. The van der Waals surface area contributed by atoms with Gasteiger partial charge < -0.3 is 4.74 Å². The van der Waals surface area contributed by atoms with Crippen molar-refractivity contribution in [2.75, 3.05) is 6.61 Å². The number of carbonyl (C=O) groups is 1. The SMILES string of the molecule is CCOC(=O)n1cnc2cc([N+](=O)[O-])ccc2c1=O. The molecular formula is C11H9N3O5. The third-order valence-electron chi connectivity index (χ3n) is 2.42. The lowest BCUT2D eigenvalue weighted by Gasteiger charge is -2.04. The lowest BCUT2D eigenvalue weighted by molar-refractivity contribution is -0.384. The van der Waals surface area contributed by atoms with Gasteiger partial charge >= 0.3 is 6.09 Å². The number of non-ortho nitro benzene ring substituents is 1. The van der Waals surface area contributed by atoms with Gasteiger partial charge in [0.2, 0.25) is 0 Å². The van der Waals surface area contributed by atoms with E-state index < -0.39 is 16.6 Å². The highest BCUT2D eigenvalue weighted by atomic mass is 16.6. The summed E-state index contributed by atoms with van der Waals surface area (Å²) in [5.74, 6) is 0. The van der Waals surface area contributed by atoms with Crippen molar-refractivity contribution in [1.82, 2.24) is 9.55 Å². The zero-order valence-electron chi connectivity index (χ0n) is 9.90. The number of hydrogen-bond donors (Lipinski definition) is 0. The van der Waals surface area contributed by atoms with Crippen molar-refractivity contribution in [2.45, 2.75) is 6.92 Å². The van der Waals surface area contributed by atoms with E-state index in [0.717, 1.165) is 10.9 Å². The molecule has 1 aromatic carbocycles. The van der Waals surface area contributed by atoms with Crippen molar-refractivity contribution in [2.24, 2.45) is 0 Å². The van der Waals surface area contributed by atoms with Crippen LogP contribution in [0.5, 0.6) is 0 Å². The third-order valence-corrected chi connectivity index (χ3v) is 2.42. The Morgan fingerprint density at radius 2 is 2.26 bits per heavy atom. The number of aromatic nitrogens is 2. The Morgan fingerprint density at radius 3 is 2.89 bits per heavy atom. The van der Waals surface area contributed by atoms with Crippen LogP contribution in [0.25, 0.3) is 10.9 Å². The van der Waals surface area contributed by atoms with E-state index in [9.17, 15) is 19.7 Å². The summed E-state index contributed by atoms with van der Waals surface area (Å²) in [6.45, 7) is 1.74. The summed E-state index contributed by atoms with van der Waals surface area (Å²) in [4.78, 5) is 37.3. The molecule has 0 atom stereocenters. The van der Waals surface area contributed by atoms with Crippen LogP contribution in [0, 0.1) is 10.1 Å². The van der Waals surface area contributed by atoms with Gasteiger partial charge in [0.15, 0.2) is 0 Å². The molecule has 0 unspecified atom stereocenters. The average Bonchev–Trinajstić information content (AvgIpc) is 2.38. The van der Waals surface area contributed by atoms with Crippen molar-refractivity contribution in [3.63, 3.8) is 0 Å². The van der Waals surface area contributed by atoms with Gasteiger partial charge in [0, 0.05) is 12.1 Å². The molecule has 8 heteroatoms. The van der Waals surface area contributed by atoms with Crippen LogP contribution in [0.1, 0.15) is 6.92 Å². The number of nitrogens with zero attached hydrogens (tertiary/aromatic N) is 3. The predicted octanol–water partition coefficient (Wildman–Crippen LogP) is 1.31. The molecular weight excluding hydrogens is 254 g/mol. The highest BCUT2D eigenvalue weighted by Gasteiger charge is 2.14. The molecule has 8 nitrogen and oxygen atoms in total. The molecule has 0 saturated carbocycles. The maximum Gasteiger partial charge on any atom is 0.422 e. The van der Waals surface area contributed by atoms with Gasteiger partial charge in [-0.3, -0.25) is 14.9 Å². The summed E-state index contributed by atoms with van der Waals surface area (Å²) in [5.41, 5.74) is -0.647. The van der Waals surface area contributed by atoms with Crippen molar-refractivity contribution in [3.8, 4) is 0 Å². The van der Waals surface area contributed by atoms with Gasteiger partial charge in [0.25, 0.3) is 11.2 Å². The molecule has 0 fully saturated rings. The Labute approximate surface area is 106 Å². The molecule has 2 aromatic rings. The van der Waals surface area contributed by atoms with Crippen molar-refractivity contribution in [3.05, 3.63) is 45.0 Å². The number of nitro benzene ring substituents is 1. The first-order valence-electron chi connectivity index (χ1n) is 5.37. The fraction of sp³-hybridized carbons (Fsp3) is 0.182. The smallest absolute Gasteiger partial charge is 0.422 e. The Morgan fingerprint density at radius 1 is 1.53 bits per heavy atom. The van der Waals surface area contributed by atoms with Crippen LogP contribution in [-0.4, -0.2) is 27.2 Å². The minimum Gasteiger partial charge on any atom is -0.449 e. The molecule has 1 aromatic heterocycles. The molecule has 0 aliphatic heterocycles. The predicted molar refractivity (Wildman–Crippen MR) is 65.1 cm³/mol. The van der Waals surface area contributed by atoms with Crippen LogP contribution in [-0.2, 0) is 4.74 Å². The second-order valence-corrected chi connectivity index (χ2v) is 3.58. The Hall–Kier alpha value is -2.77. The number of carbonyl (C=O) groups excluding carboxylic acids is 1. The molecule has 0 N–H and O–H groups in total. The molecule has 0 aliphatic rings. The molecule has 0 radical (unpaired) electrons. The number of benzene rings is 1. The zero-order valence-corrected chi connectivity index (χ0v) is 9.90. The van der Waals surface area contributed by atoms with E-state index in [4.69, 9.17) is 4.74 Å². The summed E-state index contributed by atoms with van der Waals surface area (Å²) >= 11 is 0. The maximum atomic E-state index is 12.0. The van der Waals surface area contributed by atoms with Gasteiger partial charge in [-0.2, -0.15) is 0 Å². The second-order valence-electron chi connectivity index (χ2n) is 3.58. The van der Waals surface area contributed by atoms with Crippen molar-refractivity contribution >= 4 is 22.7 Å². The van der Waals surface area contributed by atoms with Crippen molar-refractivity contribution in [1.29, 1.82) is 0 Å². The van der Waals surface area contributed by atoms with E-state index in [-0.39, 0.29) is 23.2 Å². The maximum absolute atomic E-state index is 12.0. The molecule has 1 heterocycles. The van der Waals surface area contributed by atoms with Gasteiger partial charge in [-0.05, 0) is 13.0 Å². The Bertz CT molecular complexity index is 722. The largest absolute Gasteiger partial charge is 0.449 e. The molecule has 0 saturated heterocycles. The molecule has 0 aliphatic carbocycles. The average molecular weight is 263 g/mol.